The van der Waals surface area contributed by atoms with Gasteiger partial charge >= 0.3 is 5.97 Å². The summed E-state index contributed by atoms with van der Waals surface area (Å²) in [7, 11) is 3.02. The summed E-state index contributed by atoms with van der Waals surface area (Å²) in [6.07, 6.45) is 1.43. The zero-order valence-electron chi connectivity index (χ0n) is 13.7. The third kappa shape index (κ3) is 3.42. The first-order chi connectivity index (χ1) is 10.5. The van der Waals surface area contributed by atoms with Crippen molar-refractivity contribution in [1.29, 1.82) is 0 Å². The van der Waals surface area contributed by atoms with Crippen LogP contribution in [0.15, 0.2) is 12.1 Å². The van der Waals surface area contributed by atoms with Crippen molar-refractivity contribution in [3.63, 3.8) is 0 Å². The minimum absolute atomic E-state index is 0.0696. The van der Waals surface area contributed by atoms with Gasteiger partial charge in [-0.2, -0.15) is 0 Å². The number of hydrogen-bond acceptors (Lipinski definition) is 5. The summed E-state index contributed by atoms with van der Waals surface area (Å²) < 4.78 is 15.9. The van der Waals surface area contributed by atoms with Crippen molar-refractivity contribution >= 4 is 5.97 Å². The molecule has 0 bridgehead atoms. The minimum atomic E-state index is -0.381. The summed E-state index contributed by atoms with van der Waals surface area (Å²) in [4.78, 5) is 11.9. The van der Waals surface area contributed by atoms with Gasteiger partial charge in [0.15, 0.2) is 0 Å². The van der Waals surface area contributed by atoms with Gasteiger partial charge in [0, 0.05) is 25.1 Å². The van der Waals surface area contributed by atoms with Gasteiger partial charge in [0.25, 0.3) is 0 Å². The average Bonchev–Trinajstić information content (AvgIpc) is 2.91. The lowest BCUT2D eigenvalue weighted by molar-refractivity contribution is 0.0587. The van der Waals surface area contributed by atoms with Crippen LogP contribution in [-0.4, -0.2) is 38.9 Å². The normalized spacial score (nSPS) is 18.0. The van der Waals surface area contributed by atoms with Crippen LogP contribution >= 0.6 is 0 Å². The predicted molar refractivity (Wildman–Crippen MR) is 84.3 cm³/mol. The van der Waals surface area contributed by atoms with E-state index >= 15 is 0 Å². The van der Waals surface area contributed by atoms with Crippen LogP contribution in [0.5, 0.6) is 5.75 Å². The van der Waals surface area contributed by atoms with Crippen molar-refractivity contribution in [2.75, 3.05) is 20.8 Å². The van der Waals surface area contributed by atoms with E-state index in [1.165, 1.54) is 7.11 Å². The highest BCUT2D eigenvalue weighted by molar-refractivity contribution is 5.93. The number of nitrogens with two attached hydrogens (primary N) is 1. The molecular formula is C17H25NO4. The molecule has 1 aliphatic rings. The Hall–Kier alpha value is -1.59. The quantitative estimate of drug-likeness (QED) is 0.813. The van der Waals surface area contributed by atoms with E-state index in [2.05, 4.69) is 13.8 Å². The first-order valence-corrected chi connectivity index (χ1v) is 7.62. The molecule has 1 aliphatic heterocycles. The fourth-order valence-corrected chi connectivity index (χ4v) is 2.69. The molecule has 0 fully saturated rings. The van der Waals surface area contributed by atoms with Crippen LogP contribution in [0.2, 0.25) is 0 Å². The summed E-state index contributed by atoms with van der Waals surface area (Å²) >= 11 is 0. The van der Waals surface area contributed by atoms with Gasteiger partial charge in [0.2, 0.25) is 0 Å². The number of fused-ring (bicyclic) bond motifs is 1. The smallest absolute Gasteiger partial charge is 0.341 e. The lowest BCUT2D eigenvalue weighted by Gasteiger charge is -2.17. The van der Waals surface area contributed by atoms with E-state index < -0.39 is 0 Å². The number of hydrogen-bond donors (Lipinski definition) is 1. The molecule has 0 aromatic heterocycles. The van der Waals surface area contributed by atoms with E-state index in [-0.39, 0.29) is 18.1 Å². The molecule has 5 nitrogen and oxygen atoms in total. The maximum Gasteiger partial charge on any atom is 0.341 e. The highest BCUT2D eigenvalue weighted by Gasteiger charge is 2.30. The summed E-state index contributed by atoms with van der Waals surface area (Å²) in [5, 5.41) is 0. The van der Waals surface area contributed by atoms with Crippen LogP contribution in [-0.2, 0) is 22.3 Å². The molecule has 0 saturated heterocycles. The number of ether oxygens (including phenoxy) is 3. The van der Waals surface area contributed by atoms with E-state index in [4.69, 9.17) is 19.9 Å². The molecule has 5 heteroatoms. The van der Waals surface area contributed by atoms with Crippen molar-refractivity contribution in [3.8, 4) is 5.75 Å². The number of carbonyl (C=O) groups is 1. The second-order valence-corrected chi connectivity index (χ2v) is 6.08. The van der Waals surface area contributed by atoms with Gasteiger partial charge in [-0.05, 0) is 24.0 Å². The molecule has 2 rings (SSSR count). The van der Waals surface area contributed by atoms with Gasteiger partial charge < -0.3 is 19.9 Å². The molecule has 0 amide bonds. The van der Waals surface area contributed by atoms with E-state index in [0.29, 0.717) is 23.8 Å². The van der Waals surface area contributed by atoms with Gasteiger partial charge in [-0.15, -0.1) is 0 Å². The maximum absolute atomic E-state index is 11.9. The third-order valence-electron chi connectivity index (χ3n) is 4.14. The Bertz CT molecular complexity index is 542. The SMILES string of the molecule is COCC1Cc2c(CC(N)C(C)C)ccc(C(=O)OC)c2O1. The Labute approximate surface area is 131 Å². The van der Waals surface area contributed by atoms with Crippen molar-refractivity contribution in [2.24, 2.45) is 11.7 Å². The van der Waals surface area contributed by atoms with Crippen molar-refractivity contribution in [3.05, 3.63) is 28.8 Å². The Morgan fingerprint density at radius 3 is 2.73 bits per heavy atom. The van der Waals surface area contributed by atoms with Crippen LogP contribution in [0.25, 0.3) is 0 Å². The first kappa shape index (κ1) is 16.8. The van der Waals surface area contributed by atoms with Crippen LogP contribution in [0, 0.1) is 5.92 Å². The number of rotatable bonds is 6. The van der Waals surface area contributed by atoms with Crippen LogP contribution < -0.4 is 10.5 Å². The molecule has 2 N–H and O–H groups in total. The largest absolute Gasteiger partial charge is 0.486 e. The summed E-state index contributed by atoms with van der Waals surface area (Å²) in [6, 6.07) is 3.81. The van der Waals surface area contributed by atoms with Gasteiger partial charge in [0.05, 0.1) is 13.7 Å². The zero-order chi connectivity index (χ0) is 16.3. The Kier molecular flexibility index (Phi) is 5.42. The van der Waals surface area contributed by atoms with Crippen LogP contribution in [0.1, 0.15) is 35.3 Å². The van der Waals surface area contributed by atoms with Gasteiger partial charge in [-0.3, -0.25) is 0 Å². The Morgan fingerprint density at radius 2 is 2.14 bits per heavy atom. The third-order valence-corrected chi connectivity index (χ3v) is 4.14. The molecule has 2 atom stereocenters. The zero-order valence-corrected chi connectivity index (χ0v) is 13.7. The average molecular weight is 307 g/mol. The fraction of sp³-hybridized carbons (Fsp3) is 0.588. The number of benzene rings is 1. The molecule has 0 spiro atoms. The number of esters is 1. The summed E-state index contributed by atoms with van der Waals surface area (Å²) in [5.41, 5.74) is 8.87. The van der Waals surface area contributed by atoms with Crippen molar-refractivity contribution in [2.45, 2.75) is 38.8 Å². The highest BCUT2D eigenvalue weighted by Crippen LogP contribution is 2.36. The molecule has 0 saturated carbocycles. The molecule has 0 aliphatic carbocycles. The van der Waals surface area contributed by atoms with Crippen LogP contribution in [0.3, 0.4) is 0 Å². The molecule has 122 valence electrons. The summed E-state index contributed by atoms with van der Waals surface area (Å²) in [6.45, 7) is 4.71. The predicted octanol–water partition coefficient (Wildman–Crippen LogP) is 1.95. The molecular weight excluding hydrogens is 282 g/mol. The van der Waals surface area contributed by atoms with Crippen LogP contribution in [0.4, 0.5) is 0 Å². The van der Waals surface area contributed by atoms with Crippen molar-refractivity contribution in [1.82, 2.24) is 0 Å². The van der Waals surface area contributed by atoms with E-state index in [0.717, 1.165) is 24.0 Å². The first-order valence-electron chi connectivity index (χ1n) is 7.62. The minimum Gasteiger partial charge on any atom is -0.486 e. The lowest BCUT2D eigenvalue weighted by atomic mass is 9.91. The van der Waals surface area contributed by atoms with Gasteiger partial charge in [0.1, 0.15) is 17.4 Å². The highest BCUT2D eigenvalue weighted by atomic mass is 16.5. The fourth-order valence-electron chi connectivity index (χ4n) is 2.69. The van der Waals surface area contributed by atoms with Crippen molar-refractivity contribution < 1.29 is 19.0 Å². The molecule has 1 aromatic rings. The van der Waals surface area contributed by atoms with E-state index in [9.17, 15) is 4.79 Å². The molecule has 2 unspecified atom stereocenters. The molecule has 1 aromatic carbocycles. The second kappa shape index (κ2) is 7.11. The Morgan fingerprint density at radius 1 is 1.41 bits per heavy atom. The second-order valence-electron chi connectivity index (χ2n) is 6.08. The molecule has 1 heterocycles. The molecule has 22 heavy (non-hydrogen) atoms. The van der Waals surface area contributed by atoms with E-state index in [1.54, 1.807) is 13.2 Å². The monoisotopic (exact) mass is 307 g/mol. The standard InChI is InChI=1S/C17H25NO4/c1-10(2)15(18)7-11-5-6-13(17(19)21-4)16-14(11)8-12(22-16)9-20-3/h5-6,10,12,15H,7-9,18H2,1-4H3. The lowest BCUT2D eigenvalue weighted by Crippen LogP contribution is -2.29. The maximum atomic E-state index is 11.9. The van der Waals surface area contributed by atoms with E-state index in [1.807, 2.05) is 6.07 Å². The Balaban J connectivity index is 2.35. The topological polar surface area (TPSA) is 70.8 Å². The van der Waals surface area contributed by atoms with Gasteiger partial charge in [-0.25, -0.2) is 4.79 Å². The molecule has 0 radical (unpaired) electrons. The number of carbonyl (C=O) groups excluding carboxylic acids is 1. The number of methoxy groups -OCH3 is 2. The summed E-state index contributed by atoms with van der Waals surface area (Å²) in [5.74, 6) is 0.643. The van der Waals surface area contributed by atoms with Gasteiger partial charge in [-0.1, -0.05) is 19.9 Å².